The Labute approximate surface area is 185 Å². The molecule has 2 aromatic carbocycles. The molecule has 1 aliphatic rings. The monoisotopic (exact) mass is 444 g/mol. The predicted octanol–water partition coefficient (Wildman–Crippen LogP) is 3.96. The van der Waals surface area contributed by atoms with Crippen LogP contribution in [0.3, 0.4) is 0 Å². The molecule has 6 nitrogen and oxygen atoms in total. The average Bonchev–Trinajstić information content (AvgIpc) is 3.26. The number of amides is 1. The van der Waals surface area contributed by atoms with Crippen molar-refractivity contribution in [2.45, 2.75) is 50.5 Å². The van der Waals surface area contributed by atoms with E-state index in [0.717, 1.165) is 25.7 Å². The normalized spacial score (nSPS) is 16.6. The number of methoxy groups -OCH3 is 1. The maximum atomic E-state index is 13.3. The van der Waals surface area contributed by atoms with E-state index >= 15 is 0 Å². The van der Waals surface area contributed by atoms with E-state index in [1.54, 1.807) is 26.0 Å². The van der Waals surface area contributed by atoms with E-state index in [1.165, 1.54) is 23.0 Å². The van der Waals surface area contributed by atoms with Crippen LogP contribution in [0.15, 0.2) is 53.4 Å². The van der Waals surface area contributed by atoms with Gasteiger partial charge in [-0.15, -0.1) is 0 Å². The summed E-state index contributed by atoms with van der Waals surface area (Å²) in [5, 5.41) is 0. The molecule has 168 valence electrons. The molecular formula is C24H32N2O4S. The first-order valence-corrected chi connectivity index (χ1v) is 12.4. The van der Waals surface area contributed by atoms with Crippen molar-refractivity contribution in [2.75, 3.05) is 26.7 Å². The van der Waals surface area contributed by atoms with Gasteiger partial charge >= 0.3 is 0 Å². The zero-order chi connectivity index (χ0) is 22.4. The molecule has 0 spiro atoms. The van der Waals surface area contributed by atoms with Gasteiger partial charge in [0.1, 0.15) is 10.6 Å². The summed E-state index contributed by atoms with van der Waals surface area (Å²) in [5.74, 6) is 0.139. The first-order chi connectivity index (χ1) is 14.9. The zero-order valence-electron chi connectivity index (χ0n) is 18.6. The first-order valence-electron chi connectivity index (χ1n) is 10.9. The second-order valence-corrected chi connectivity index (χ2v) is 9.68. The molecule has 1 amide bonds. The summed E-state index contributed by atoms with van der Waals surface area (Å²) in [4.78, 5) is 15.3. The molecular weight excluding hydrogens is 412 g/mol. The number of ether oxygens (including phenoxy) is 1. The van der Waals surface area contributed by atoms with E-state index < -0.39 is 10.0 Å². The van der Waals surface area contributed by atoms with E-state index in [0.29, 0.717) is 25.2 Å². The van der Waals surface area contributed by atoms with Crippen molar-refractivity contribution in [2.24, 2.45) is 0 Å². The van der Waals surface area contributed by atoms with Crippen LogP contribution < -0.4 is 4.74 Å². The number of hydrogen-bond donors (Lipinski definition) is 0. The Balaban J connectivity index is 1.84. The molecule has 0 aliphatic carbocycles. The van der Waals surface area contributed by atoms with Crippen LogP contribution >= 0.6 is 0 Å². The Hall–Kier alpha value is -2.38. The highest BCUT2D eigenvalue weighted by molar-refractivity contribution is 7.89. The summed E-state index contributed by atoms with van der Waals surface area (Å²) in [7, 11) is -2.30. The SMILES string of the molecule is CCN(CC)S(=O)(=O)c1cc(C(=O)N2CCCC2CCc2ccccc2)ccc1OC. The highest BCUT2D eigenvalue weighted by Crippen LogP contribution is 2.30. The summed E-state index contributed by atoms with van der Waals surface area (Å²) in [6, 6.07) is 15.2. The molecule has 1 aliphatic heterocycles. The lowest BCUT2D eigenvalue weighted by Gasteiger charge is -2.26. The molecule has 1 fully saturated rings. The number of rotatable bonds is 9. The molecule has 1 saturated heterocycles. The van der Waals surface area contributed by atoms with Crippen LogP contribution in [0.25, 0.3) is 0 Å². The second-order valence-electron chi connectivity index (χ2n) is 7.77. The zero-order valence-corrected chi connectivity index (χ0v) is 19.4. The maximum Gasteiger partial charge on any atom is 0.254 e. The van der Waals surface area contributed by atoms with E-state index in [2.05, 4.69) is 12.1 Å². The van der Waals surface area contributed by atoms with Crippen molar-refractivity contribution in [1.29, 1.82) is 0 Å². The van der Waals surface area contributed by atoms with Crippen molar-refractivity contribution in [3.63, 3.8) is 0 Å². The van der Waals surface area contributed by atoms with Gasteiger partial charge in [0.05, 0.1) is 7.11 Å². The number of likely N-dealkylation sites (tertiary alicyclic amines) is 1. The molecule has 2 aromatic rings. The standard InChI is InChI=1S/C24H32N2O4S/c1-4-25(5-2)31(28,29)23-18-20(14-16-22(23)30-3)24(27)26-17-9-12-21(26)15-13-19-10-7-6-8-11-19/h6-8,10-11,14,16,18,21H,4-5,9,12-13,15,17H2,1-3H3. The number of sulfonamides is 1. The number of hydrogen-bond acceptors (Lipinski definition) is 4. The molecule has 1 heterocycles. The minimum absolute atomic E-state index is 0.0459. The van der Waals surface area contributed by atoms with Gasteiger partial charge in [0.2, 0.25) is 10.0 Å². The fraction of sp³-hybridized carbons (Fsp3) is 0.458. The number of carbonyl (C=O) groups excluding carboxylic acids is 1. The van der Waals surface area contributed by atoms with Gasteiger partial charge in [0, 0.05) is 31.2 Å². The van der Waals surface area contributed by atoms with Crippen LogP contribution in [-0.4, -0.2) is 56.3 Å². The van der Waals surface area contributed by atoms with Crippen molar-refractivity contribution in [1.82, 2.24) is 9.21 Å². The molecule has 0 bridgehead atoms. The van der Waals surface area contributed by atoms with Gasteiger partial charge in [-0.25, -0.2) is 8.42 Å². The highest BCUT2D eigenvalue weighted by atomic mass is 32.2. The van der Waals surface area contributed by atoms with Gasteiger partial charge in [0.25, 0.3) is 5.91 Å². The third kappa shape index (κ3) is 5.10. The number of carbonyl (C=O) groups is 1. The fourth-order valence-electron chi connectivity index (χ4n) is 4.26. The fourth-order valence-corrected chi connectivity index (χ4v) is 5.90. The number of nitrogens with zero attached hydrogens (tertiary/aromatic N) is 2. The topological polar surface area (TPSA) is 66.9 Å². The molecule has 0 aromatic heterocycles. The molecule has 3 rings (SSSR count). The molecule has 1 atom stereocenters. The van der Waals surface area contributed by atoms with Crippen LogP contribution in [0.1, 0.15) is 49.0 Å². The molecule has 7 heteroatoms. The Morgan fingerprint density at radius 2 is 1.84 bits per heavy atom. The van der Waals surface area contributed by atoms with Crippen LogP contribution in [0, 0.1) is 0 Å². The predicted molar refractivity (Wildman–Crippen MR) is 122 cm³/mol. The molecule has 1 unspecified atom stereocenters. The van der Waals surface area contributed by atoms with Crippen LogP contribution in [0.2, 0.25) is 0 Å². The van der Waals surface area contributed by atoms with Crippen LogP contribution in [0.4, 0.5) is 0 Å². The van der Waals surface area contributed by atoms with Crippen molar-refractivity contribution in [3.8, 4) is 5.75 Å². The van der Waals surface area contributed by atoms with Gasteiger partial charge in [-0.3, -0.25) is 4.79 Å². The minimum atomic E-state index is -3.75. The first kappa shape index (κ1) is 23.3. The molecule has 31 heavy (non-hydrogen) atoms. The minimum Gasteiger partial charge on any atom is -0.495 e. The van der Waals surface area contributed by atoms with E-state index in [4.69, 9.17) is 4.74 Å². The Bertz CT molecular complexity index is 988. The number of benzene rings is 2. The smallest absolute Gasteiger partial charge is 0.254 e. The Kier molecular flexibility index (Phi) is 7.73. The van der Waals surface area contributed by atoms with Crippen molar-refractivity contribution < 1.29 is 17.9 Å². The highest BCUT2D eigenvalue weighted by Gasteiger charge is 2.31. The third-order valence-corrected chi connectivity index (χ3v) is 8.05. The Morgan fingerprint density at radius 1 is 1.13 bits per heavy atom. The van der Waals surface area contributed by atoms with Gasteiger partial charge in [0.15, 0.2) is 0 Å². The van der Waals surface area contributed by atoms with E-state index in [-0.39, 0.29) is 22.6 Å². The Morgan fingerprint density at radius 3 is 2.48 bits per heavy atom. The summed E-state index contributed by atoms with van der Waals surface area (Å²) in [6.45, 7) is 5.00. The lowest BCUT2D eigenvalue weighted by Crippen LogP contribution is -2.36. The second kappa shape index (κ2) is 10.3. The summed E-state index contributed by atoms with van der Waals surface area (Å²) in [5.41, 5.74) is 1.65. The quantitative estimate of drug-likeness (QED) is 0.587. The summed E-state index contributed by atoms with van der Waals surface area (Å²) >= 11 is 0. The molecule has 0 N–H and O–H groups in total. The number of aryl methyl sites for hydroxylation is 1. The van der Waals surface area contributed by atoms with Gasteiger partial charge in [-0.2, -0.15) is 4.31 Å². The van der Waals surface area contributed by atoms with E-state index in [1.807, 2.05) is 23.1 Å². The van der Waals surface area contributed by atoms with E-state index in [9.17, 15) is 13.2 Å². The van der Waals surface area contributed by atoms with Crippen molar-refractivity contribution in [3.05, 3.63) is 59.7 Å². The molecule has 0 radical (unpaired) electrons. The van der Waals surface area contributed by atoms with Crippen LogP contribution in [-0.2, 0) is 16.4 Å². The van der Waals surface area contributed by atoms with Gasteiger partial charge in [-0.1, -0.05) is 44.2 Å². The largest absolute Gasteiger partial charge is 0.495 e. The lowest BCUT2D eigenvalue weighted by atomic mass is 10.0. The third-order valence-electron chi connectivity index (χ3n) is 5.98. The maximum absolute atomic E-state index is 13.3. The van der Waals surface area contributed by atoms with Crippen LogP contribution in [0.5, 0.6) is 5.75 Å². The molecule has 0 saturated carbocycles. The van der Waals surface area contributed by atoms with Gasteiger partial charge < -0.3 is 9.64 Å². The van der Waals surface area contributed by atoms with Crippen molar-refractivity contribution >= 4 is 15.9 Å². The summed E-state index contributed by atoms with van der Waals surface area (Å²) < 4.78 is 32.9. The lowest BCUT2D eigenvalue weighted by molar-refractivity contribution is 0.0730. The average molecular weight is 445 g/mol. The van der Waals surface area contributed by atoms with Gasteiger partial charge in [-0.05, 0) is 49.4 Å². The summed E-state index contributed by atoms with van der Waals surface area (Å²) in [6.07, 6.45) is 3.75.